The molecule has 0 bridgehead atoms. The van der Waals surface area contributed by atoms with Gasteiger partial charge in [-0.3, -0.25) is 0 Å². The van der Waals surface area contributed by atoms with E-state index in [9.17, 15) is 16.8 Å². The molecular weight excluding hydrogens is 224 g/mol. The van der Waals surface area contributed by atoms with Gasteiger partial charge in [0.15, 0.2) is 9.84 Å². The van der Waals surface area contributed by atoms with E-state index in [-0.39, 0.29) is 11.5 Å². The van der Waals surface area contributed by atoms with Gasteiger partial charge >= 0.3 is 0 Å². The van der Waals surface area contributed by atoms with Gasteiger partial charge in [-0.25, -0.2) is 16.8 Å². The lowest BCUT2D eigenvalue weighted by Crippen LogP contribution is -2.23. The number of halogens is 1. The summed E-state index contributed by atoms with van der Waals surface area (Å²) < 4.78 is 43.6. The fourth-order valence-corrected chi connectivity index (χ4v) is 6.38. The van der Waals surface area contributed by atoms with Crippen molar-refractivity contribution in [1.82, 2.24) is 0 Å². The second-order valence-corrected chi connectivity index (χ2v) is 8.07. The second-order valence-electron chi connectivity index (χ2n) is 3.07. The molecular formula is C5H9ClO4S2. The molecule has 0 amide bonds. The van der Waals surface area contributed by atoms with E-state index >= 15 is 0 Å². The molecule has 1 fully saturated rings. The van der Waals surface area contributed by atoms with Crippen molar-refractivity contribution in [3.05, 3.63) is 0 Å². The van der Waals surface area contributed by atoms with Gasteiger partial charge in [0.05, 0.1) is 16.8 Å². The van der Waals surface area contributed by atoms with E-state index in [1.54, 1.807) is 6.92 Å². The number of rotatable bonds is 1. The summed E-state index contributed by atoms with van der Waals surface area (Å²) in [6, 6.07) is 0. The molecule has 0 radical (unpaired) electrons. The number of sulfone groups is 1. The van der Waals surface area contributed by atoms with Crippen molar-refractivity contribution < 1.29 is 16.8 Å². The standard InChI is InChI=1S/C5H9ClO4S2/c1-4-2-11(7,8)3-5(4)12(6,9)10/h4-5H,2-3H2,1H3. The fraction of sp³-hybridized carbons (Fsp3) is 1.00. The van der Waals surface area contributed by atoms with Crippen LogP contribution in [-0.4, -0.2) is 33.6 Å². The van der Waals surface area contributed by atoms with Crippen LogP contribution < -0.4 is 0 Å². The summed E-state index contributed by atoms with van der Waals surface area (Å²) >= 11 is 0. The van der Waals surface area contributed by atoms with Crippen molar-refractivity contribution in [2.45, 2.75) is 12.2 Å². The van der Waals surface area contributed by atoms with Gasteiger partial charge in [0.25, 0.3) is 0 Å². The third-order valence-electron chi connectivity index (χ3n) is 1.93. The maximum absolute atomic E-state index is 11.0. The van der Waals surface area contributed by atoms with Crippen LogP contribution in [0.2, 0.25) is 0 Å². The van der Waals surface area contributed by atoms with E-state index in [2.05, 4.69) is 0 Å². The van der Waals surface area contributed by atoms with E-state index in [0.29, 0.717) is 0 Å². The molecule has 0 aromatic carbocycles. The molecule has 4 nitrogen and oxygen atoms in total. The van der Waals surface area contributed by atoms with Crippen molar-refractivity contribution in [2.75, 3.05) is 11.5 Å². The molecule has 0 aliphatic carbocycles. The Morgan fingerprint density at radius 2 is 1.83 bits per heavy atom. The van der Waals surface area contributed by atoms with Crippen molar-refractivity contribution >= 4 is 29.6 Å². The van der Waals surface area contributed by atoms with Gasteiger partial charge in [-0.2, -0.15) is 0 Å². The highest BCUT2D eigenvalue weighted by atomic mass is 35.7. The Kier molecular flexibility index (Phi) is 2.44. The Morgan fingerprint density at radius 1 is 1.33 bits per heavy atom. The highest BCUT2D eigenvalue weighted by molar-refractivity contribution is 8.14. The minimum atomic E-state index is -3.73. The van der Waals surface area contributed by atoms with Gasteiger partial charge in [-0.1, -0.05) is 6.92 Å². The first-order valence-corrected chi connectivity index (χ1v) is 7.56. The molecule has 1 rings (SSSR count). The minimum Gasteiger partial charge on any atom is -0.229 e. The highest BCUT2D eigenvalue weighted by Gasteiger charge is 2.41. The first kappa shape index (κ1) is 10.3. The average molecular weight is 233 g/mol. The molecule has 0 N–H and O–H groups in total. The Hall–Kier alpha value is 0.190. The van der Waals surface area contributed by atoms with Gasteiger partial charge in [-0.15, -0.1) is 0 Å². The molecule has 0 aromatic rings. The summed E-state index contributed by atoms with van der Waals surface area (Å²) in [5, 5.41) is -0.927. The summed E-state index contributed by atoms with van der Waals surface area (Å²) in [5.41, 5.74) is 0. The molecule has 1 aliphatic rings. The van der Waals surface area contributed by atoms with Gasteiger partial charge in [0.2, 0.25) is 9.05 Å². The van der Waals surface area contributed by atoms with E-state index < -0.39 is 30.1 Å². The molecule has 1 heterocycles. The molecule has 2 unspecified atom stereocenters. The zero-order valence-corrected chi connectivity index (χ0v) is 8.79. The Balaban J connectivity index is 3.01. The molecule has 0 spiro atoms. The van der Waals surface area contributed by atoms with E-state index in [1.165, 1.54) is 0 Å². The summed E-state index contributed by atoms with van der Waals surface area (Å²) in [4.78, 5) is 0. The van der Waals surface area contributed by atoms with Gasteiger partial charge in [-0.05, 0) is 5.92 Å². The molecule has 0 aromatic heterocycles. The topological polar surface area (TPSA) is 68.3 Å². The molecule has 2 atom stereocenters. The SMILES string of the molecule is CC1CS(=O)(=O)CC1S(=O)(=O)Cl. The predicted octanol–water partition coefficient (Wildman–Crippen LogP) is -0.0119. The first-order valence-electron chi connectivity index (χ1n) is 3.36. The lowest BCUT2D eigenvalue weighted by Gasteiger charge is -2.07. The molecule has 1 aliphatic heterocycles. The van der Waals surface area contributed by atoms with Crippen molar-refractivity contribution in [3.63, 3.8) is 0 Å². The van der Waals surface area contributed by atoms with Crippen molar-refractivity contribution in [3.8, 4) is 0 Å². The smallest absolute Gasteiger partial charge is 0.229 e. The first-order chi connectivity index (χ1) is 5.22. The number of hydrogen-bond donors (Lipinski definition) is 0. The Bertz CT molecular complexity index is 368. The monoisotopic (exact) mass is 232 g/mol. The van der Waals surface area contributed by atoms with Crippen LogP contribution in [0.15, 0.2) is 0 Å². The maximum Gasteiger partial charge on any atom is 0.236 e. The highest BCUT2D eigenvalue weighted by Crippen LogP contribution is 2.26. The molecule has 72 valence electrons. The normalized spacial score (nSPS) is 35.2. The van der Waals surface area contributed by atoms with Crippen molar-refractivity contribution in [1.29, 1.82) is 0 Å². The van der Waals surface area contributed by atoms with Crippen LogP contribution in [0.3, 0.4) is 0 Å². The zero-order valence-electron chi connectivity index (χ0n) is 6.40. The summed E-state index contributed by atoms with van der Waals surface area (Å²) in [6.07, 6.45) is 0. The van der Waals surface area contributed by atoms with E-state index in [4.69, 9.17) is 10.7 Å². The fourth-order valence-electron chi connectivity index (χ4n) is 1.35. The van der Waals surface area contributed by atoms with Crippen LogP contribution in [0, 0.1) is 5.92 Å². The second kappa shape index (κ2) is 2.85. The van der Waals surface area contributed by atoms with Crippen LogP contribution in [0.4, 0.5) is 0 Å². The number of hydrogen-bond acceptors (Lipinski definition) is 4. The lowest BCUT2D eigenvalue weighted by atomic mass is 10.2. The third-order valence-corrected chi connectivity index (χ3v) is 6.08. The minimum absolute atomic E-state index is 0.0797. The van der Waals surface area contributed by atoms with Gasteiger partial charge in [0, 0.05) is 10.7 Å². The Labute approximate surface area is 76.3 Å². The van der Waals surface area contributed by atoms with E-state index in [0.717, 1.165) is 0 Å². The Morgan fingerprint density at radius 3 is 2.00 bits per heavy atom. The van der Waals surface area contributed by atoms with Crippen LogP contribution in [0.5, 0.6) is 0 Å². The molecule has 0 saturated carbocycles. The summed E-state index contributed by atoms with van der Waals surface area (Å²) in [6.45, 7) is 1.58. The quantitative estimate of drug-likeness (QED) is 0.597. The van der Waals surface area contributed by atoms with Crippen molar-refractivity contribution in [2.24, 2.45) is 5.92 Å². The molecule has 1 saturated heterocycles. The maximum atomic E-state index is 11.0. The van der Waals surface area contributed by atoms with Crippen LogP contribution >= 0.6 is 10.7 Å². The summed E-state index contributed by atoms with van der Waals surface area (Å²) in [5.74, 6) is -0.804. The summed E-state index contributed by atoms with van der Waals surface area (Å²) in [7, 11) is -1.85. The van der Waals surface area contributed by atoms with E-state index in [1.807, 2.05) is 0 Å². The van der Waals surface area contributed by atoms with Crippen LogP contribution in [0.25, 0.3) is 0 Å². The average Bonchev–Trinajstić information content (AvgIpc) is 2.03. The van der Waals surface area contributed by atoms with Gasteiger partial charge in [0.1, 0.15) is 0 Å². The zero-order chi connectivity index (χ0) is 9.57. The molecule has 12 heavy (non-hydrogen) atoms. The van der Waals surface area contributed by atoms with Crippen LogP contribution in [0.1, 0.15) is 6.92 Å². The van der Waals surface area contributed by atoms with Gasteiger partial charge < -0.3 is 0 Å². The predicted molar refractivity (Wildman–Crippen MR) is 46.4 cm³/mol. The third kappa shape index (κ3) is 2.11. The lowest BCUT2D eigenvalue weighted by molar-refractivity contribution is 0.573. The largest absolute Gasteiger partial charge is 0.236 e. The molecule has 7 heteroatoms. The van der Waals surface area contributed by atoms with Crippen LogP contribution in [-0.2, 0) is 18.9 Å².